The van der Waals surface area contributed by atoms with Gasteiger partial charge in [0, 0.05) is 11.4 Å². The first-order valence-corrected chi connectivity index (χ1v) is 9.14. The highest BCUT2D eigenvalue weighted by Crippen LogP contribution is 2.23. The summed E-state index contributed by atoms with van der Waals surface area (Å²) in [4.78, 5) is 12.4. The largest absolute Gasteiger partial charge is 0.325 e. The van der Waals surface area contributed by atoms with Crippen LogP contribution >= 0.6 is 11.8 Å². The van der Waals surface area contributed by atoms with Gasteiger partial charge in [-0.25, -0.2) is 0 Å². The maximum absolute atomic E-state index is 12.4. The maximum Gasteiger partial charge on any atom is 0.234 e. The van der Waals surface area contributed by atoms with E-state index in [0.717, 1.165) is 28.9 Å². The molecule has 0 aliphatic heterocycles. The van der Waals surface area contributed by atoms with Gasteiger partial charge in [0.2, 0.25) is 5.91 Å². The molecule has 1 heterocycles. The predicted octanol–water partition coefficient (Wildman–Crippen LogP) is 3.87. The van der Waals surface area contributed by atoms with Crippen molar-refractivity contribution in [3.05, 3.63) is 66.0 Å². The van der Waals surface area contributed by atoms with E-state index in [0.29, 0.717) is 5.16 Å². The van der Waals surface area contributed by atoms with Crippen LogP contribution in [0.1, 0.15) is 18.1 Å². The van der Waals surface area contributed by atoms with Gasteiger partial charge in [-0.1, -0.05) is 55.1 Å². The highest BCUT2D eigenvalue weighted by Gasteiger charge is 2.12. The molecule has 25 heavy (non-hydrogen) atoms. The Morgan fingerprint density at radius 2 is 1.96 bits per heavy atom. The molecule has 128 valence electrons. The van der Waals surface area contributed by atoms with E-state index in [1.807, 2.05) is 60.0 Å². The van der Waals surface area contributed by atoms with Gasteiger partial charge in [0.05, 0.1) is 5.75 Å². The number of nitrogens with zero attached hydrogens (tertiary/aromatic N) is 3. The minimum atomic E-state index is -0.0448. The lowest BCUT2D eigenvalue weighted by molar-refractivity contribution is -0.113. The van der Waals surface area contributed by atoms with E-state index >= 15 is 0 Å². The maximum atomic E-state index is 12.4. The first-order valence-electron chi connectivity index (χ1n) is 8.15. The van der Waals surface area contributed by atoms with Crippen LogP contribution in [0.3, 0.4) is 0 Å². The molecule has 0 radical (unpaired) electrons. The van der Waals surface area contributed by atoms with Gasteiger partial charge in [0.1, 0.15) is 6.33 Å². The quantitative estimate of drug-likeness (QED) is 0.684. The molecule has 1 aromatic heterocycles. The van der Waals surface area contributed by atoms with E-state index in [2.05, 4.69) is 22.4 Å². The summed E-state index contributed by atoms with van der Waals surface area (Å²) in [5.41, 5.74) is 4.11. The number of aromatic nitrogens is 3. The number of thioether (sulfide) groups is 1. The average molecular weight is 352 g/mol. The van der Waals surface area contributed by atoms with Crippen molar-refractivity contribution in [3.63, 3.8) is 0 Å². The van der Waals surface area contributed by atoms with Crippen molar-refractivity contribution in [1.82, 2.24) is 14.8 Å². The van der Waals surface area contributed by atoms with E-state index in [1.54, 1.807) is 6.33 Å². The second-order valence-electron chi connectivity index (χ2n) is 5.62. The standard InChI is InChI=1S/C19H20N4OS/c1-3-15-9-7-8-14(2)18(15)21-17(24)12-25-19-22-20-13-23(19)16-10-5-4-6-11-16/h4-11,13H,3,12H2,1-2H3,(H,21,24). The monoisotopic (exact) mass is 352 g/mol. The zero-order valence-electron chi connectivity index (χ0n) is 14.3. The van der Waals surface area contributed by atoms with Gasteiger partial charge in [-0.3, -0.25) is 9.36 Å². The smallest absolute Gasteiger partial charge is 0.234 e. The van der Waals surface area contributed by atoms with Gasteiger partial charge in [-0.05, 0) is 36.6 Å². The fourth-order valence-corrected chi connectivity index (χ4v) is 3.33. The topological polar surface area (TPSA) is 59.8 Å². The number of nitrogens with one attached hydrogen (secondary N) is 1. The first kappa shape index (κ1) is 17.2. The summed E-state index contributed by atoms with van der Waals surface area (Å²) in [7, 11) is 0. The number of aryl methyl sites for hydroxylation is 2. The van der Waals surface area contributed by atoms with Crippen molar-refractivity contribution >= 4 is 23.4 Å². The number of rotatable bonds is 6. The molecule has 5 nitrogen and oxygen atoms in total. The second-order valence-corrected chi connectivity index (χ2v) is 6.56. The molecule has 0 fully saturated rings. The summed E-state index contributed by atoms with van der Waals surface area (Å²) >= 11 is 1.37. The highest BCUT2D eigenvalue weighted by atomic mass is 32.2. The molecule has 0 aliphatic carbocycles. The number of anilines is 1. The normalized spacial score (nSPS) is 10.6. The Morgan fingerprint density at radius 1 is 1.16 bits per heavy atom. The number of amides is 1. The molecule has 0 aliphatic rings. The Morgan fingerprint density at radius 3 is 2.72 bits per heavy atom. The van der Waals surface area contributed by atoms with Crippen LogP contribution in [-0.4, -0.2) is 26.4 Å². The molecule has 0 bridgehead atoms. The summed E-state index contributed by atoms with van der Waals surface area (Å²) in [6.07, 6.45) is 2.54. The summed E-state index contributed by atoms with van der Waals surface area (Å²) < 4.78 is 1.88. The van der Waals surface area contributed by atoms with Crippen LogP contribution in [0.5, 0.6) is 0 Å². The van der Waals surface area contributed by atoms with E-state index in [1.165, 1.54) is 11.8 Å². The third-order valence-electron chi connectivity index (χ3n) is 3.89. The number of carbonyl (C=O) groups excluding carboxylic acids is 1. The summed E-state index contributed by atoms with van der Waals surface area (Å²) in [6.45, 7) is 4.09. The zero-order valence-corrected chi connectivity index (χ0v) is 15.1. The fourth-order valence-electron chi connectivity index (χ4n) is 2.60. The van der Waals surface area contributed by atoms with E-state index in [9.17, 15) is 4.79 Å². The predicted molar refractivity (Wildman–Crippen MR) is 101 cm³/mol. The molecule has 0 saturated heterocycles. The van der Waals surface area contributed by atoms with Crippen molar-refractivity contribution in [3.8, 4) is 5.69 Å². The molecule has 1 N–H and O–H groups in total. The van der Waals surface area contributed by atoms with Gasteiger partial charge in [-0.2, -0.15) is 0 Å². The zero-order chi connectivity index (χ0) is 17.6. The average Bonchev–Trinajstić information content (AvgIpc) is 3.11. The van der Waals surface area contributed by atoms with Crippen LogP contribution in [0.2, 0.25) is 0 Å². The van der Waals surface area contributed by atoms with Crippen molar-refractivity contribution in [1.29, 1.82) is 0 Å². The van der Waals surface area contributed by atoms with Crippen molar-refractivity contribution in [2.24, 2.45) is 0 Å². The minimum Gasteiger partial charge on any atom is -0.325 e. The van der Waals surface area contributed by atoms with E-state index < -0.39 is 0 Å². The SMILES string of the molecule is CCc1cccc(C)c1NC(=O)CSc1nncn1-c1ccccc1. The van der Waals surface area contributed by atoms with Gasteiger partial charge in [0.15, 0.2) is 5.16 Å². The second kappa shape index (κ2) is 7.98. The molecular formula is C19H20N4OS. The minimum absolute atomic E-state index is 0.0448. The molecule has 3 aromatic rings. The molecule has 2 aromatic carbocycles. The number of hydrogen-bond acceptors (Lipinski definition) is 4. The van der Waals surface area contributed by atoms with Crippen LogP contribution in [0.25, 0.3) is 5.69 Å². The van der Waals surface area contributed by atoms with Gasteiger partial charge >= 0.3 is 0 Å². The summed E-state index contributed by atoms with van der Waals surface area (Å²) in [5.74, 6) is 0.236. The Hall–Kier alpha value is -2.60. The lowest BCUT2D eigenvalue weighted by Gasteiger charge is -2.13. The lowest BCUT2D eigenvalue weighted by Crippen LogP contribution is -2.16. The molecule has 0 atom stereocenters. The highest BCUT2D eigenvalue weighted by molar-refractivity contribution is 7.99. The number of hydrogen-bond donors (Lipinski definition) is 1. The van der Waals surface area contributed by atoms with Crippen LogP contribution in [0.4, 0.5) is 5.69 Å². The Kier molecular flexibility index (Phi) is 5.50. The van der Waals surface area contributed by atoms with Crippen LogP contribution in [-0.2, 0) is 11.2 Å². The van der Waals surface area contributed by atoms with Crippen molar-refractivity contribution in [2.75, 3.05) is 11.1 Å². The Balaban J connectivity index is 1.68. The Labute approximate surface area is 151 Å². The van der Waals surface area contributed by atoms with Gasteiger partial charge in [-0.15, -0.1) is 10.2 Å². The third kappa shape index (κ3) is 4.09. The molecule has 0 saturated carbocycles. The Bertz CT molecular complexity index is 861. The fraction of sp³-hybridized carbons (Fsp3) is 0.211. The summed E-state index contributed by atoms with van der Waals surface area (Å²) in [5, 5.41) is 11.8. The van der Waals surface area contributed by atoms with Gasteiger partial charge < -0.3 is 5.32 Å². The molecule has 3 rings (SSSR count). The van der Waals surface area contributed by atoms with Crippen LogP contribution < -0.4 is 5.32 Å². The van der Waals surface area contributed by atoms with E-state index in [-0.39, 0.29) is 11.7 Å². The number of carbonyl (C=O) groups is 1. The lowest BCUT2D eigenvalue weighted by atomic mass is 10.1. The van der Waals surface area contributed by atoms with Crippen LogP contribution in [0, 0.1) is 6.92 Å². The van der Waals surface area contributed by atoms with Crippen molar-refractivity contribution in [2.45, 2.75) is 25.4 Å². The molecular weight excluding hydrogens is 332 g/mol. The van der Waals surface area contributed by atoms with E-state index in [4.69, 9.17) is 0 Å². The molecule has 0 unspecified atom stereocenters. The third-order valence-corrected chi connectivity index (χ3v) is 4.83. The molecule has 0 spiro atoms. The number of benzene rings is 2. The first-order chi connectivity index (χ1) is 12.2. The van der Waals surface area contributed by atoms with Crippen molar-refractivity contribution < 1.29 is 4.79 Å². The summed E-state index contributed by atoms with van der Waals surface area (Å²) in [6, 6.07) is 15.9. The van der Waals surface area contributed by atoms with Crippen LogP contribution in [0.15, 0.2) is 60.0 Å². The van der Waals surface area contributed by atoms with Gasteiger partial charge in [0.25, 0.3) is 0 Å². The molecule has 6 heteroatoms. The number of para-hydroxylation sites is 2. The molecule has 1 amide bonds.